The molecule has 3 rings (SSSR count). The molecule has 0 radical (unpaired) electrons. The first-order valence-electron chi connectivity index (χ1n) is 10.7. The number of alkyl carbamates (subject to hydrolysis) is 1. The highest BCUT2D eigenvalue weighted by atomic mass is 16.6. The largest absolute Gasteiger partial charge is 0.497 e. The van der Waals surface area contributed by atoms with Gasteiger partial charge in [0, 0.05) is 36.1 Å². The number of amides is 2. The van der Waals surface area contributed by atoms with Crippen molar-refractivity contribution in [3.05, 3.63) is 59.8 Å². The van der Waals surface area contributed by atoms with Crippen molar-refractivity contribution in [3.63, 3.8) is 0 Å². The standard InChI is InChI=1S/C25H31N3O5/c1-25(2,3)33-24(30)28-22(12-17-15-26-21-9-7-6-8-20(17)21)23(29)27-14-16-10-18(31-4)13-19(11-16)32-5/h6-11,13,15,22,26H,12,14H2,1-5H3,(H,27,29)(H,28,30)/t22-/m1/s1. The second-order valence-electron chi connectivity index (χ2n) is 8.70. The summed E-state index contributed by atoms with van der Waals surface area (Å²) in [5.41, 5.74) is 2.02. The van der Waals surface area contributed by atoms with Gasteiger partial charge in [0.2, 0.25) is 5.91 Å². The van der Waals surface area contributed by atoms with Gasteiger partial charge in [-0.2, -0.15) is 0 Å². The summed E-state index contributed by atoms with van der Waals surface area (Å²) in [6.45, 7) is 5.57. The lowest BCUT2D eigenvalue weighted by Crippen LogP contribution is -2.49. The second-order valence-corrected chi connectivity index (χ2v) is 8.70. The summed E-state index contributed by atoms with van der Waals surface area (Å²) in [6, 6.07) is 12.4. The lowest BCUT2D eigenvalue weighted by molar-refractivity contribution is -0.123. The van der Waals surface area contributed by atoms with Crippen LogP contribution in [0, 0.1) is 0 Å². The maximum Gasteiger partial charge on any atom is 0.408 e. The first-order valence-corrected chi connectivity index (χ1v) is 10.7. The lowest BCUT2D eigenvalue weighted by Gasteiger charge is -2.23. The summed E-state index contributed by atoms with van der Waals surface area (Å²) in [7, 11) is 3.14. The Labute approximate surface area is 193 Å². The van der Waals surface area contributed by atoms with Crippen LogP contribution >= 0.6 is 0 Å². The van der Waals surface area contributed by atoms with E-state index in [1.807, 2.05) is 42.6 Å². The fourth-order valence-electron chi connectivity index (χ4n) is 3.46. The molecule has 8 heteroatoms. The van der Waals surface area contributed by atoms with Crippen LogP contribution in [0.25, 0.3) is 10.9 Å². The molecule has 0 fully saturated rings. The van der Waals surface area contributed by atoms with Crippen LogP contribution in [-0.2, 0) is 22.5 Å². The Bertz CT molecular complexity index is 1090. The highest BCUT2D eigenvalue weighted by Gasteiger charge is 2.25. The quantitative estimate of drug-likeness (QED) is 0.480. The van der Waals surface area contributed by atoms with E-state index in [9.17, 15) is 9.59 Å². The summed E-state index contributed by atoms with van der Waals surface area (Å²) in [5, 5.41) is 6.62. The molecule has 3 N–H and O–H groups in total. The number of H-pyrrole nitrogens is 1. The Morgan fingerprint density at radius 2 is 1.70 bits per heavy atom. The minimum atomic E-state index is -0.827. The van der Waals surface area contributed by atoms with Gasteiger partial charge < -0.3 is 29.8 Å². The second kappa shape index (κ2) is 10.3. The summed E-state index contributed by atoms with van der Waals surface area (Å²) in [6.07, 6.45) is 1.51. The van der Waals surface area contributed by atoms with Crippen LogP contribution in [-0.4, -0.2) is 42.8 Å². The molecule has 3 aromatic rings. The fourth-order valence-corrected chi connectivity index (χ4v) is 3.46. The molecule has 0 aliphatic rings. The van der Waals surface area contributed by atoms with Gasteiger partial charge in [0.05, 0.1) is 14.2 Å². The summed E-state index contributed by atoms with van der Waals surface area (Å²) < 4.78 is 16.0. The fraction of sp³-hybridized carbons (Fsp3) is 0.360. The SMILES string of the molecule is COc1cc(CNC(=O)[C@@H](Cc2c[nH]c3ccccc23)NC(=O)OC(C)(C)C)cc(OC)c1. The van der Waals surface area contributed by atoms with Crippen LogP contribution in [0.2, 0.25) is 0 Å². The topological polar surface area (TPSA) is 102 Å². The van der Waals surface area contributed by atoms with Crippen LogP contribution in [0.15, 0.2) is 48.7 Å². The lowest BCUT2D eigenvalue weighted by atomic mass is 10.0. The highest BCUT2D eigenvalue weighted by molar-refractivity contribution is 5.88. The number of rotatable bonds is 8. The van der Waals surface area contributed by atoms with Crippen LogP contribution < -0.4 is 20.1 Å². The van der Waals surface area contributed by atoms with Gasteiger partial charge >= 0.3 is 6.09 Å². The molecular formula is C25H31N3O5. The first kappa shape index (κ1) is 24.0. The van der Waals surface area contributed by atoms with Gasteiger partial charge in [-0.3, -0.25) is 4.79 Å². The minimum Gasteiger partial charge on any atom is -0.497 e. The van der Waals surface area contributed by atoms with Crippen LogP contribution in [0.1, 0.15) is 31.9 Å². The Kier molecular flexibility index (Phi) is 7.48. The van der Waals surface area contributed by atoms with Gasteiger partial charge in [-0.15, -0.1) is 0 Å². The average molecular weight is 454 g/mol. The molecule has 8 nitrogen and oxygen atoms in total. The first-order chi connectivity index (χ1) is 15.7. The molecule has 0 saturated carbocycles. The van der Waals surface area contributed by atoms with Crippen molar-refractivity contribution in [1.29, 1.82) is 0 Å². The number of ether oxygens (including phenoxy) is 3. The molecule has 0 saturated heterocycles. The molecule has 0 bridgehead atoms. The monoisotopic (exact) mass is 453 g/mol. The third kappa shape index (κ3) is 6.65. The number of carbonyl (C=O) groups is 2. The Hall–Kier alpha value is -3.68. The normalized spacial score (nSPS) is 12.2. The molecule has 1 heterocycles. The Morgan fingerprint density at radius 3 is 2.33 bits per heavy atom. The number of aromatic nitrogens is 1. The number of carbonyl (C=O) groups excluding carboxylic acids is 2. The number of methoxy groups -OCH3 is 2. The predicted octanol–water partition coefficient (Wildman–Crippen LogP) is 3.94. The molecule has 0 aliphatic heterocycles. The molecule has 1 aromatic heterocycles. The van der Waals surface area contributed by atoms with Crippen molar-refractivity contribution in [1.82, 2.24) is 15.6 Å². The van der Waals surface area contributed by atoms with Crippen LogP contribution in [0.4, 0.5) is 4.79 Å². The van der Waals surface area contributed by atoms with Crippen molar-refractivity contribution >= 4 is 22.9 Å². The van der Waals surface area contributed by atoms with E-state index in [0.717, 1.165) is 22.0 Å². The van der Waals surface area contributed by atoms with Crippen molar-refractivity contribution in [2.45, 2.75) is 45.4 Å². The van der Waals surface area contributed by atoms with Gasteiger partial charge in [0.25, 0.3) is 0 Å². The molecular weight excluding hydrogens is 422 g/mol. The van der Waals surface area contributed by atoms with E-state index in [2.05, 4.69) is 15.6 Å². The molecule has 2 aromatic carbocycles. The van der Waals surface area contributed by atoms with E-state index in [-0.39, 0.29) is 12.5 Å². The van der Waals surface area contributed by atoms with Crippen molar-refractivity contribution < 1.29 is 23.8 Å². The Morgan fingerprint density at radius 1 is 1.03 bits per heavy atom. The van der Waals surface area contributed by atoms with Gasteiger partial charge in [-0.25, -0.2) is 4.79 Å². The third-order valence-electron chi connectivity index (χ3n) is 4.98. The molecule has 1 atom stereocenters. The van der Waals surface area contributed by atoms with Crippen LogP contribution in [0.3, 0.4) is 0 Å². The number of fused-ring (bicyclic) bond motifs is 1. The number of aromatic amines is 1. The molecule has 33 heavy (non-hydrogen) atoms. The minimum absolute atomic E-state index is 0.243. The third-order valence-corrected chi connectivity index (χ3v) is 4.98. The molecule has 176 valence electrons. The predicted molar refractivity (Wildman–Crippen MR) is 127 cm³/mol. The van der Waals surface area contributed by atoms with E-state index < -0.39 is 17.7 Å². The van der Waals surface area contributed by atoms with E-state index in [1.165, 1.54) is 0 Å². The smallest absolute Gasteiger partial charge is 0.408 e. The number of nitrogens with one attached hydrogen (secondary N) is 3. The number of hydrogen-bond acceptors (Lipinski definition) is 5. The molecule has 0 unspecified atom stereocenters. The van der Waals surface area contributed by atoms with Crippen LogP contribution in [0.5, 0.6) is 11.5 Å². The van der Waals surface area contributed by atoms with Gasteiger partial charge in [-0.05, 0) is 50.1 Å². The summed E-state index contributed by atoms with van der Waals surface area (Å²) in [4.78, 5) is 28.8. The zero-order chi connectivity index (χ0) is 24.0. The van der Waals surface area contributed by atoms with Crippen molar-refractivity contribution in [2.75, 3.05) is 14.2 Å². The average Bonchev–Trinajstić information content (AvgIpc) is 3.18. The number of benzene rings is 2. The number of hydrogen-bond donors (Lipinski definition) is 3. The molecule has 2 amide bonds. The van der Waals surface area contributed by atoms with Gasteiger partial charge in [0.1, 0.15) is 23.1 Å². The Balaban J connectivity index is 1.77. The van der Waals surface area contributed by atoms with Crippen molar-refractivity contribution in [3.8, 4) is 11.5 Å². The maximum atomic E-state index is 13.1. The molecule has 0 aliphatic carbocycles. The van der Waals surface area contributed by atoms with E-state index >= 15 is 0 Å². The summed E-state index contributed by atoms with van der Waals surface area (Å²) >= 11 is 0. The zero-order valence-corrected chi connectivity index (χ0v) is 19.7. The zero-order valence-electron chi connectivity index (χ0n) is 19.7. The molecule has 0 spiro atoms. The van der Waals surface area contributed by atoms with Gasteiger partial charge in [0.15, 0.2) is 0 Å². The highest BCUT2D eigenvalue weighted by Crippen LogP contribution is 2.23. The maximum absolute atomic E-state index is 13.1. The van der Waals surface area contributed by atoms with Gasteiger partial charge in [-0.1, -0.05) is 18.2 Å². The van der Waals surface area contributed by atoms with Crippen molar-refractivity contribution in [2.24, 2.45) is 0 Å². The summed E-state index contributed by atoms with van der Waals surface area (Å²) in [5.74, 6) is 0.926. The number of para-hydroxylation sites is 1. The van der Waals surface area contributed by atoms with E-state index in [0.29, 0.717) is 17.9 Å². The van der Waals surface area contributed by atoms with E-state index in [4.69, 9.17) is 14.2 Å². The van der Waals surface area contributed by atoms with E-state index in [1.54, 1.807) is 41.1 Å².